The van der Waals surface area contributed by atoms with E-state index in [0.717, 1.165) is 14.2 Å². The third-order valence-corrected chi connectivity index (χ3v) is 4.49. The molecule has 0 aliphatic carbocycles. The third-order valence-electron chi connectivity index (χ3n) is 2.64. The van der Waals surface area contributed by atoms with Crippen LogP contribution in [-0.2, 0) is 19.6 Å². The predicted molar refractivity (Wildman–Crippen MR) is 67.5 cm³/mol. The van der Waals surface area contributed by atoms with Crippen LogP contribution in [-0.4, -0.2) is 50.8 Å². The van der Waals surface area contributed by atoms with Crippen molar-refractivity contribution in [2.45, 2.75) is 31.5 Å². The van der Waals surface area contributed by atoms with E-state index in [-0.39, 0.29) is 6.42 Å². The summed E-state index contributed by atoms with van der Waals surface area (Å²) in [5.41, 5.74) is 0. The minimum absolute atomic E-state index is 0.0952. The topological polar surface area (TPSA) is 63.7 Å². The molecule has 118 valence electrons. The number of allylic oxidation sites excluding steroid dienone is 1. The lowest BCUT2D eigenvalue weighted by molar-refractivity contribution is -0.145. The van der Waals surface area contributed by atoms with Crippen LogP contribution >= 0.6 is 0 Å². The molecule has 0 aromatic carbocycles. The summed E-state index contributed by atoms with van der Waals surface area (Å²) in [5.74, 6) is -1.92. The molecule has 0 amide bonds. The van der Waals surface area contributed by atoms with Crippen LogP contribution < -0.4 is 0 Å². The zero-order chi connectivity index (χ0) is 16.0. The van der Waals surface area contributed by atoms with Crippen LogP contribution in [0.1, 0.15) is 19.3 Å². The minimum atomic E-state index is -4.57. The molecule has 0 aliphatic heterocycles. The Morgan fingerprint density at radius 2 is 2.00 bits per heavy atom. The number of ether oxygens (including phenoxy) is 1. The number of likely N-dealkylation sites (N-methyl/N-ethyl adjacent to an activating group) is 1. The average Bonchev–Trinajstić information content (AvgIpc) is 2.35. The van der Waals surface area contributed by atoms with Gasteiger partial charge in [-0.2, -0.15) is 17.5 Å². The van der Waals surface area contributed by atoms with Crippen molar-refractivity contribution in [1.29, 1.82) is 0 Å². The van der Waals surface area contributed by atoms with Crippen molar-refractivity contribution in [3.05, 3.63) is 12.7 Å². The highest BCUT2D eigenvalue weighted by atomic mass is 32.2. The maximum atomic E-state index is 12.1. The van der Waals surface area contributed by atoms with E-state index >= 15 is 0 Å². The maximum absolute atomic E-state index is 12.1. The van der Waals surface area contributed by atoms with Crippen molar-refractivity contribution >= 4 is 16.0 Å². The maximum Gasteiger partial charge on any atom is 0.390 e. The molecule has 0 saturated carbocycles. The summed E-state index contributed by atoms with van der Waals surface area (Å²) in [5, 5.41) is 0. The zero-order valence-corrected chi connectivity index (χ0v) is 12.1. The molecular formula is C11H18F3NO4S. The Kier molecular flexibility index (Phi) is 7.21. The molecule has 0 bridgehead atoms. The number of nitrogens with zero attached hydrogens (tertiary/aromatic N) is 1. The molecule has 5 nitrogen and oxygen atoms in total. The third kappa shape index (κ3) is 6.38. The number of sulfonamides is 1. The minimum Gasteiger partial charge on any atom is -0.468 e. The molecule has 20 heavy (non-hydrogen) atoms. The van der Waals surface area contributed by atoms with E-state index in [4.69, 9.17) is 0 Å². The SMILES string of the molecule is C=CCC[C@@H](C(=O)OC)N(C)S(=O)(=O)CCC(F)(F)F. The molecule has 0 heterocycles. The first-order valence-electron chi connectivity index (χ1n) is 5.76. The highest BCUT2D eigenvalue weighted by Gasteiger charge is 2.35. The molecular weight excluding hydrogens is 299 g/mol. The van der Waals surface area contributed by atoms with Crippen LogP contribution in [0.5, 0.6) is 0 Å². The molecule has 0 aromatic heterocycles. The highest BCUT2D eigenvalue weighted by Crippen LogP contribution is 2.22. The van der Waals surface area contributed by atoms with Crippen LogP contribution in [0.3, 0.4) is 0 Å². The molecule has 0 rings (SSSR count). The fraction of sp³-hybridized carbons (Fsp3) is 0.727. The molecule has 0 spiro atoms. The van der Waals surface area contributed by atoms with E-state index in [1.165, 1.54) is 6.08 Å². The Hall–Kier alpha value is -1.09. The van der Waals surface area contributed by atoms with Crippen molar-refractivity contribution in [1.82, 2.24) is 4.31 Å². The summed E-state index contributed by atoms with van der Waals surface area (Å²) >= 11 is 0. The van der Waals surface area contributed by atoms with Gasteiger partial charge in [-0.15, -0.1) is 6.58 Å². The van der Waals surface area contributed by atoms with Gasteiger partial charge in [-0.3, -0.25) is 4.79 Å². The van der Waals surface area contributed by atoms with Crippen molar-refractivity contribution in [2.24, 2.45) is 0 Å². The normalized spacial score (nSPS) is 14.1. The van der Waals surface area contributed by atoms with Crippen molar-refractivity contribution in [3.63, 3.8) is 0 Å². The number of alkyl halides is 3. The Morgan fingerprint density at radius 1 is 1.45 bits per heavy atom. The first-order valence-corrected chi connectivity index (χ1v) is 7.37. The van der Waals surface area contributed by atoms with Gasteiger partial charge in [0.1, 0.15) is 6.04 Å². The lowest BCUT2D eigenvalue weighted by Gasteiger charge is -2.25. The van der Waals surface area contributed by atoms with E-state index in [2.05, 4.69) is 11.3 Å². The second-order valence-electron chi connectivity index (χ2n) is 4.10. The molecule has 0 unspecified atom stereocenters. The van der Waals surface area contributed by atoms with Gasteiger partial charge in [0.2, 0.25) is 10.0 Å². The number of carbonyl (C=O) groups is 1. The Bertz CT molecular complexity index is 433. The van der Waals surface area contributed by atoms with Crippen molar-refractivity contribution in [2.75, 3.05) is 19.9 Å². The number of rotatable bonds is 8. The molecule has 0 aromatic rings. The van der Waals surface area contributed by atoms with Crippen molar-refractivity contribution in [3.8, 4) is 0 Å². The summed E-state index contributed by atoms with van der Waals surface area (Å²) in [6.07, 6.45) is -4.13. The second-order valence-corrected chi connectivity index (χ2v) is 6.25. The smallest absolute Gasteiger partial charge is 0.390 e. The van der Waals surface area contributed by atoms with Crippen LogP contribution in [0.15, 0.2) is 12.7 Å². The molecule has 9 heteroatoms. The van der Waals surface area contributed by atoms with Gasteiger partial charge < -0.3 is 4.74 Å². The molecule has 0 N–H and O–H groups in total. The number of carbonyl (C=O) groups excluding carboxylic acids is 1. The Morgan fingerprint density at radius 3 is 2.40 bits per heavy atom. The summed E-state index contributed by atoms with van der Waals surface area (Å²) in [4.78, 5) is 11.5. The lowest BCUT2D eigenvalue weighted by Crippen LogP contribution is -2.44. The zero-order valence-electron chi connectivity index (χ0n) is 11.3. The van der Waals surface area contributed by atoms with E-state index in [9.17, 15) is 26.4 Å². The molecule has 0 fully saturated rings. The van der Waals surface area contributed by atoms with Crippen LogP contribution in [0.2, 0.25) is 0 Å². The predicted octanol–water partition coefficient (Wildman–Crippen LogP) is 1.71. The van der Waals surface area contributed by atoms with E-state index in [1.807, 2.05) is 0 Å². The fourth-order valence-electron chi connectivity index (χ4n) is 1.44. The molecule has 0 aliphatic rings. The number of hydrogen-bond acceptors (Lipinski definition) is 4. The van der Waals surface area contributed by atoms with E-state index in [1.54, 1.807) is 0 Å². The summed E-state index contributed by atoms with van der Waals surface area (Å²) < 4.78 is 65.0. The standard InChI is InChI=1S/C11H18F3NO4S/c1-4-5-6-9(10(16)19-3)15(2)20(17,18)8-7-11(12,13)14/h4,9H,1,5-8H2,2-3H3/t9-/m0/s1. The fourth-order valence-corrected chi connectivity index (χ4v) is 2.80. The summed E-state index contributed by atoms with van der Waals surface area (Å²) in [6.45, 7) is 3.44. The van der Waals surface area contributed by atoms with Gasteiger partial charge in [-0.25, -0.2) is 8.42 Å². The summed E-state index contributed by atoms with van der Waals surface area (Å²) in [7, 11) is -2.05. The quantitative estimate of drug-likeness (QED) is 0.505. The van der Waals surface area contributed by atoms with E-state index < -0.39 is 40.4 Å². The number of hydrogen-bond donors (Lipinski definition) is 0. The van der Waals surface area contributed by atoms with Gasteiger partial charge in [-0.05, 0) is 12.8 Å². The van der Waals surface area contributed by atoms with Gasteiger partial charge in [0.05, 0.1) is 19.3 Å². The summed E-state index contributed by atoms with van der Waals surface area (Å²) in [6, 6.07) is -1.16. The van der Waals surface area contributed by atoms with Gasteiger partial charge in [-0.1, -0.05) is 6.08 Å². The first-order chi connectivity index (χ1) is 9.05. The lowest BCUT2D eigenvalue weighted by atomic mass is 10.1. The van der Waals surface area contributed by atoms with Gasteiger partial charge in [0, 0.05) is 7.05 Å². The molecule has 0 radical (unpaired) electrons. The van der Waals surface area contributed by atoms with Crippen LogP contribution in [0, 0.1) is 0 Å². The largest absolute Gasteiger partial charge is 0.468 e. The van der Waals surface area contributed by atoms with Crippen LogP contribution in [0.25, 0.3) is 0 Å². The Balaban J connectivity index is 4.97. The number of esters is 1. The monoisotopic (exact) mass is 317 g/mol. The van der Waals surface area contributed by atoms with Gasteiger partial charge in [0.15, 0.2) is 0 Å². The number of halogens is 3. The average molecular weight is 317 g/mol. The first kappa shape index (κ1) is 18.9. The van der Waals surface area contributed by atoms with Crippen molar-refractivity contribution < 1.29 is 31.1 Å². The molecule has 0 saturated heterocycles. The Labute approximate surface area is 116 Å². The van der Waals surface area contributed by atoms with Crippen LogP contribution in [0.4, 0.5) is 13.2 Å². The second kappa shape index (κ2) is 7.63. The van der Waals surface area contributed by atoms with Gasteiger partial charge >= 0.3 is 12.1 Å². The van der Waals surface area contributed by atoms with E-state index in [0.29, 0.717) is 10.7 Å². The number of methoxy groups -OCH3 is 1. The molecule has 1 atom stereocenters. The van der Waals surface area contributed by atoms with Gasteiger partial charge in [0.25, 0.3) is 0 Å². The highest BCUT2D eigenvalue weighted by molar-refractivity contribution is 7.89.